The molecule has 0 spiro atoms. The van der Waals surface area contributed by atoms with E-state index in [2.05, 4.69) is 34.6 Å². The monoisotopic (exact) mass is 234 g/mol. The Morgan fingerprint density at radius 1 is 1.12 bits per heavy atom. The molecular formula is C15H22O2. The van der Waals surface area contributed by atoms with Gasteiger partial charge >= 0.3 is 0 Å². The second kappa shape index (κ2) is 4.02. The van der Waals surface area contributed by atoms with Crippen molar-refractivity contribution in [2.45, 2.75) is 59.7 Å². The predicted octanol–water partition coefficient (Wildman–Crippen LogP) is 3.21. The van der Waals surface area contributed by atoms with E-state index in [0.717, 1.165) is 24.2 Å². The lowest BCUT2D eigenvalue weighted by Gasteiger charge is -2.35. The lowest BCUT2D eigenvalue weighted by Crippen LogP contribution is -2.33. The molecule has 1 N–H and O–H groups in total. The molecule has 1 heterocycles. The van der Waals surface area contributed by atoms with Crippen molar-refractivity contribution in [1.82, 2.24) is 0 Å². The molecule has 1 aromatic carbocycles. The predicted molar refractivity (Wildman–Crippen MR) is 69.6 cm³/mol. The van der Waals surface area contributed by atoms with Crippen LogP contribution in [0.1, 0.15) is 48.1 Å². The number of ether oxygens (including phenoxy) is 1. The van der Waals surface area contributed by atoms with Crippen molar-refractivity contribution in [1.29, 1.82) is 0 Å². The minimum absolute atomic E-state index is 0.0911. The van der Waals surface area contributed by atoms with E-state index in [1.807, 2.05) is 0 Å². The molecule has 0 aliphatic carbocycles. The lowest BCUT2D eigenvalue weighted by molar-refractivity contribution is 0.0826. The second-order valence-corrected chi connectivity index (χ2v) is 5.68. The SMILES string of the molecule is Cc1c(C)c(CO)c2c(c1C)OC(C)(C)CC2. The van der Waals surface area contributed by atoms with Gasteiger partial charge in [-0.25, -0.2) is 0 Å². The van der Waals surface area contributed by atoms with Crippen molar-refractivity contribution >= 4 is 0 Å². The summed E-state index contributed by atoms with van der Waals surface area (Å²) in [5.74, 6) is 1.01. The van der Waals surface area contributed by atoms with Crippen molar-refractivity contribution in [3.05, 3.63) is 27.8 Å². The molecular weight excluding hydrogens is 212 g/mol. The Hall–Kier alpha value is -1.02. The number of fused-ring (bicyclic) bond motifs is 1. The Labute approximate surface area is 104 Å². The summed E-state index contributed by atoms with van der Waals surface area (Å²) < 4.78 is 6.12. The van der Waals surface area contributed by atoms with Crippen LogP contribution in [0.2, 0.25) is 0 Å². The molecule has 2 heteroatoms. The molecule has 0 amide bonds. The number of benzene rings is 1. The van der Waals surface area contributed by atoms with Gasteiger partial charge in [-0.3, -0.25) is 0 Å². The van der Waals surface area contributed by atoms with Crippen LogP contribution >= 0.6 is 0 Å². The van der Waals surface area contributed by atoms with Crippen LogP contribution in [-0.4, -0.2) is 10.7 Å². The normalized spacial score (nSPS) is 17.5. The average Bonchev–Trinajstić information content (AvgIpc) is 2.27. The standard InChI is InChI=1S/C15H22O2/c1-9-10(2)13(8-16)12-6-7-15(4,5)17-14(12)11(9)3/h16H,6-8H2,1-5H3. The van der Waals surface area contributed by atoms with Gasteiger partial charge in [0.1, 0.15) is 11.4 Å². The first kappa shape index (κ1) is 12.4. The zero-order valence-electron chi connectivity index (χ0n) is 11.5. The first-order valence-electron chi connectivity index (χ1n) is 6.29. The molecule has 94 valence electrons. The van der Waals surface area contributed by atoms with Crippen LogP contribution in [0.3, 0.4) is 0 Å². The fraction of sp³-hybridized carbons (Fsp3) is 0.600. The van der Waals surface area contributed by atoms with Crippen LogP contribution in [0.5, 0.6) is 5.75 Å². The Kier molecular flexibility index (Phi) is 2.94. The summed E-state index contributed by atoms with van der Waals surface area (Å²) in [6.07, 6.45) is 2.01. The summed E-state index contributed by atoms with van der Waals surface area (Å²) in [4.78, 5) is 0. The van der Waals surface area contributed by atoms with E-state index < -0.39 is 0 Å². The van der Waals surface area contributed by atoms with E-state index in [0.29, 0.717) is 0 Å². The Morgan fingerprint density at radius 3 is 2.35 bits per heavy atom. The topological polar surface area (TPSA) is 29.5 Å². The summed E-state index contributed by atoms with van der Waals surface area (Å²) in [6.45, 7) is 10.7. The molecule has 1 aliphatic rings. The third-order valence-electron chi connectivity index (χ3n) is 4.07. The molecule has 2 rings (SSSR count). The average molecular weight is 234 g/mol. The van der Waals surface area contributed by atoms with Gasteiger partial charge in [0.15, 0.2) is 0 Å². The van der Waals surface area contributed by atoms with Crippen LogP contribution in [0.4, 0.5) is 0 Å². The molecule has 0 unspecified atom stereocenters. The van der Waals surface area contributed by atoms with Gasteiger partial charge in [0.25, 0.3) is 0 Å². The van der Waals surface area contributed by atoms with Gasteiger partial charge in [-0.2, -0.15) is 0 Å². The van der Waals surface area contributed by atoms with Crippen LogP contribution in [0.15, 0.2) is 0 Å². The zero-order valence-corrected chi connectivity index (χ0v) is 11.5. The summed E-state index contributed by atoms with van der Waals surface area (Å²) in [5.41, 5.74) is 5.87. The molecule has 2 nitrogen and oxygen atoms in total. The molecule has 0 fully saturated rings. The maximum Gasteiger partial charge on any atom is 0.126 e. The molecule has 0 saturated carbocycles. The van der Waals surface area contributed by atoms with Crippen molar-refractivity contribution in [2.24, 2.45) is 0 Å². The maximum atomic E-state index is 9.56. The number of hydrogen-bond acceptors (Lipinski definition) is 2. The van der Waals surface area contributed by atoms with Crippen molar-refractivity contribution in [3.63, 3.8) is 0 Å². The van der Waals surface area contributed by atoms with E-state index >= 15 is 0 Å². The lowest BCUT2D eigenvalue weighted by atomic mass is 9.86. The fourth-order valence-electron chi connectivity index (χ4n) is 2.64. The van der Waals surface area contributed by atoms with E-state index in [1.165, 1.54) is 22.3 Å². The molecule has 0 aromatic heterocycles. The molecule has 0 saturated heterocycles. The highest BCUT2D eigenvalue weighted by molar-refractivity contribution is 5.55. The first-order chi connectivity index (χ1) is 7.87. The summed E-state index contributed by atoms with van der Waals surface area (Å²) in [5, 5.41) is 9.56. The quantitative estimate of drug-likeness (QED) is 0.808. The minimum atomic E-state index is -0.0911. The highest BCUT2D eigenvalue weighted by atomic mass is 16.5. The molecule has 1 aliphatic heterocycles. The van der Waals surface area contributed by atoms with Crippen LogP contribution in [-0.2, 0) is 13.0 Å². The first-order valence-corrected chi connectivity index (χ1v) is 6.29. The highest BCUT2D eigenvalue weighted by Gasteiger charge is 2.30. The molecule has 0 atom stereocenters. The molecule has 1 aromatic rings. The van der Waals surface area contributed by atoms with Crippen LogP contribution in [0.25, 0.3) is 0 Å². The Morgan fingerprint density at radius 2 is 1.76 bits per heavy atom. The Bertz CT molecular complexity index is 459. The number of aliphatic hydroxyl groups excluding tert-OH is 1. The summed E-state index contributed by atoms with van der Waals surface area (Å²) >= 11 is 0. The van der Waals surface area contributed by atoms with E-state index in [-0.39, 0.29) is 12.2 Å². The minimum Gasteiger partial charge on any atom is -0.487 e. The summed E-state index contributed by atoms with van der Waals surface area (Å²) in [6, 6.07) is 0. The van der Waals surface area contributed by atoms with Crippen molar-refractivity contribution < 1.29 is 9.84 Å². The third-order valence-corrected chi connectivity index (χ3v) is 4.07. The van der Waals surface area contributed by atoms with E-state index in [4.69, 9.17) is 4.74 Å². The van der Waals surface area contributed by atoms with Gasteiger partial charge in [0.2, 0.25) is 0 Å². The smallest absolute Gasteiger partial charge is 0.126 e. The van der Waals surface area contributed by atoms with Crippen molar-refractivity contribution in [2.75, 3.05) is 0 Å². The van der Waals surface area contributed by atoms with Gasteiger partial charge in [0.05, 0.1) is 6.61 Å². The summed E-state index contributed by atoms with van der Waals surface area (Å²) in [7, 11) is 0. The molecule has 0 radical (unpaired) electrons. The number of aliphatic hydroxyl groups is 1. The second-order valence-electron chi connectivity index (χ2n) is 5.68. The molecule has 0 bridgehead atoms. The largest absolute Gasteiger partial charge is 0.487 e. The Balaban J connectivity index is 2.66. The highest BCUT2D eigenvalue weighted by Crippen LogP contribution is 2.40. The van der Waals surface area contributed by atoms with Crippen LogP contribution in [0, 0.1) is 20.8 Å². The van der Waals surface area contributed by atoms with Crippen molar-refractivity contribution in [3.8, 4) is 5.75 Å². The fourth-order valence-corrected chi connectivity index (χ4v) is 2.64. The third kappa shape index (κ3) is 1.95. The van der Waals surface area contributed by atoms with Gasteiger partial charge in [-0.15, -0.1) is 0 Å². The van der Waals surface area contributed by atoms with Gasteiger partial charge in [0, 0.05) is 5.56 Å². The maximum absolute atomic E-state index is 9.56. The van der Waals surface area contributed by atoms with Gasteiger partial charge in [-0.1, -0.05) is 0 Å². The zero-order chi connectivity index (χ0) is 12.8. The molecule has 17 heavy (non-hydrogen) atoms. The van der Waals surface area contributed by atoms with Gasteiger partial charge in [-0.05, 0) is 69.7 Å². The van der Waals surface area contributed by atoms with Gasteiger partial charge < -0.3 is 9.84 Å². The number of hydrogen-bond donors (Lipinski definition) is 1. The van der Waals surface area contributed by atoms with Crippen LogP contribution < -0.4 is 4.74 Å². The van der Waals surface area contributed by atoms with E-state index in [1.54, 1.807) is 0 Å². The van der Waals surface area contributed by atoms with E-state index in [9.17, 15) is 5.11 Å². The number of rotatable bonds is 1.